The lowest BCUT2D eigenvalue weighted by Gasteiger charge is -1.98. The molecule has 0 amide bonds. The Morgan fingerprint density at radius 2 is 1.65 bits per heavy atom. The summed E-state index contributed by atoms with van der Waals surface area (Å²) < 4.78 is 5.77. The molecule has 0 fully saturated rings. The number of rotatable bonds is 2. The molecule has 0 saturated heterocycles. The minimum Gasteiger partial charge on any atom is -0.453 e. The van der Waals surface area contributed by atoms with Gasteiger partial charge in [0.15, 0.2) is 5.76 Å². The maximum atomic E-state index is 12.9. The second kappa shape index (κ2) is 5.10. The Morgan fingerprint density at radius 3 is 2.48 bits per heavy atom. The zero-order chi connectivity index (χ0) is 16.0. The number of ketones is 1. The Kier molecular flexibility index (Phi) is 3.05. The molecule has 0 bridgehead atoms. The summed E-state index contributed by atoms with van der Waals surface area (Å²) in [5.41, 5.74) is 5.77. The first-order valence-corrected chi connectivity index (χ1v) is 7.67. The van der Waals surface area contributed by atoms with Crippen molar-refractivity contribution in [3.05, 3.63) is 83.1 Å². The van der Waals surface area contributed by atoms with E-state index in [9.17, 15) is 4.79 Å². The van der Waals surface area contributed by atoms with E-state index in [1.165, 1.54) is 0 Å². The maximum Gasteiger partial charge on any atom is 0.228 e. The molecule has 0 unspecified atom stereocenters. The fourth-order valence-electron chi connectivity index (χ4n) is 3.09. The van der Waals surface area contributed by atoms with Crippen LogP contribution in [0.2, 0.25) is 0 Å². The molecule has 0 spiro atoms. The van der Waals surface area contributed by atoms with Gasteiger partial charge in [-0.3, -0.25) is 4.79 Å². The van der Waals surface area contributed by atoms with E-state index in [4.69, 9.17) is 4.42 Å². The van der Waals surface area contributed by atoms with Crippen molar-refractivity contribution < 1.29 is 9.21 Å². The molecule has 0 N–H and O–H groups in total. The van der Waals surface area contributed by atoms with Crippen LogP contribution in [-0.4, -0.2) is 5.78 Å². The Morgan fingerprint density at radius 1 is 0.870 bits per heavy atom. The lowest BCUT2D eigenvalue weighted by atomic mass is 10.0. The first-order chi connectivity index (χ1) is 11.1. The zero-order valence-corrected chi connectivity index (χ0v) is 13.1. The molecule has 1 aromatic carbocycles. The summed E-state index contributed by atoms with van der Waals surface area (Å²) in [6.07, 6.45) is 0. The fraction of sp³-hybridized carbons (Fsp3) is 0.0952. The highest BCUT2D eigenvalue weighted by Gasteiger charge is 2.21. The van der Waals surface area contributed by atoms with Crippen LogP contribution in [0.4, 0.5) is 0 Å². The molecule has 0 aliphatic heterocycles. The van der Waals surface area contributed by atoms with Gasteiger partial charge in [-0.25, -0.2) is 0 Å². The first kappa shape index (κ1) is 13.8. The molecule has 1 heterocycles. The number of carbonyl (C=O) groups is 1. The highest BCUT2D eigenvalue weighted by Crippen LogP contribution is 2.33. The first-order valence-electron chi connectivity index (χ1n) is 7.67. The minimum atomic E-state index is -0.0665. The number of fused-ring (bicyclic) bond motifs is 2. The Balaban J connectivity index is 1.86. The van der Waals surface area contributed by atoms with E-state index in [1.807, 2.05) is 74.5 Å². The lowest BCUT2D eigenvalue weighted by molar-refractivity contribution is 0.101. The van der Waals surface area contributed by atoms with Crippen LogP contribution in [0.15, 0.2) is 65.1 Å². The Bertz CT molecular complexity index is 1010. The largest absolute Gasteiger partial charge is 0.453 e. The number of hydrogen-bond acceptors (Lipinski definition) is 2. The topological polar surface area (TPSA) is 30.2 Å². The summed E-state index contributed by atoms with van der Waals surface area (Å²) in [4.78, 5) is 12.9. The van der Waals surface area contributed by atoms with Gasteiger partial charge in [0.2, 0.25) is 5.78 Å². The molecule has 0 atom stereocenters. The number of hydrogen-bond donors (Lipinski definition) is 0. The van der Waals surface area contributed by atoms with Crippen LogP contribution in [0.25, 0.3) is 22.1 Å². The van der Waals surface area contributed by atoms with Gasteiger partial charge in [0.1, 0.15) is 5.58 Å². The molecular formula is C21H16O2. The molecule has 1 aromatic heterocycles. The summed E-state index contributed by atoms with van der Waals surface area (Å²) in [6, 6.07) is 19.7. The van der Waals surface area contributed by atoms with Crippen molar-refractivity contribution in [3.8, 4) is 11.1 Å². The minimum absolute atomic E-state index is 0.0665. The van der Waals surface area contributed by atoms with Gasteiger partial charge in [-0.1, -0.05) is 42.0 Å². The molecule has 0 saturated carbocycles. The van der Waals surface area contributed by atoms with Gasteiger partial charge >= 0.3 is 0 Å². The third-order valence-corrected chi connectivity index (χ3v) is 4.25. The zero-order valence-electron chi connectivity index (χ0n) is 13.1. The van der Waals surface area contributed by atoms with Gasteiger partial charge in [-0.05, 0) is 54.8 Å². The number of benzene rings is 1. The highest BCUT2D eigenvalue weighted by molar-refractivity contribution is 6.14. The van der Waals surface area contributed by atoms with E-state index >= 15 is 0 Å². The number of furan rings is 1. The SMILES string of the molecule is Cc1ccc2oc(C(=O)c3cc(C)c4cccccc3-4)cc2c1. The van der Waals surface area contributed by atoms with Crippen molar-refractivity contribution >= 4 is 16.8 Å². The molecule has 2 aliphatic carbocycles. The highest BCUT2D eigenvalue weighted by atomic mass is 16.3. The summed E-state index contributed by atoms with van der Waals surface area (Å²) in [5, 5.41) is 0.964. The maximum absolute atomic E-state index is 12.9. The van der Waals surface area contributed by atoms with Crippen LogP contribution in [0, 0.1) is 13.8 Å². The molecule has 4 rings (SSSR count). The Hall–Kier alpha value is -2.87. The van der Waals surface area contributed by atoms with Crippen molar-refractivity contribution in [1.82, 2.24) is 0 Å². The number of carbonyl (C=O) groups excluding carboxylic acids is 1. The summed E-state index contributed by atoms with van der Waals surface area (Å²) >= 11 is 0. The van der Waals surface area contributed by atoms with Crippen molar-refractivity contribution in [3.63, 3.8) is 0 Å². The molecular weight excluding hydrogens is 284 g/mol. The van der Waals surface area contributed by atoms with Gasteiger partial charge in [0.05, 0.1) is 0 Å². The van der Waals surface area contributed by atoms with Gasteiger partial charge in [0, 0.05) is 10.9 Å². The third kappa shape index (κ3) is 2.23. The predicted octanol–water partition coefficient (Wildman–Crippen LogP) is 5.39. The van der Waals surface area contributed by atoms with Crippen LogP contribution in [0.3, 0.4) is 0 Å². The van der Waals surface area contributed by atoms with E-state index < -0.39 is 0 Å². The molecule has 112 valence electrons. The summed E-state index contributed by atoms with van der Waals surface area (Å²) in [5.74, 6) is 0.326. The van der Waals surface area contributed by atoms with Gasteiger partial charge in [-0.15, -0.1) is 0 Å². The van der Waals surface area contributed by atoms with Crippen molar-refractivity contribution in [2.45, 2.75) is 13.8 Å². The fourth-order valence-corrected chi connectivity index (χ4v) is 3.09. The third-order valence-electron chi connectivity index (χ3n) is 4.25. The Labute approximate surface area is 134 Å². The summed E-state index contributed by atoms with van der Waals surface area (Å²) in [7, 11) is 0. The van der Waals surface area contributed by atoms with Gasteiger partial charge in [-0.2, -0.15) is 0 Å². The molecule has 2 nitrogen and oxygen atoms in total. The van der Waals surface area contributed by atoms with E-state index in [-0.39, 0.29) is 5.78 Å². The average molecular weight is 300 g/mol. The molecule has 0 radical (unpaired) electrons. The standard InChI is InChI=1S/C21H16O2/c1-13-8-9-19-15(10-13)12-20(23-19)21(22)18-11-14(2)16-6-4-3-5-7-17(16)18/h3-12H,1-2H3. The average Bonchev–Trinajstić information content (AvgIpc) is 2.98. The van der Waals surface area contributed by atoms with Crippen LogP contribution in [0.5, 0.6) is 0 Å². The molecule has 2 aliphatic rings. The van der Waals surface area contributed by atoms with Crippen molar-refractivity contribution in [1.29, 1.82) is 0 Å². The normalized spacial score (nSPS) is 11.2. The second-order valence-corrected chi connectivity index (χ2v) is 5.96. The van der Waals surface area contributed by atoms with E-state index in [0.29, 0.717) is 11.3 Å². The van der Waals surface area contributed by atoms with Gasteiger partial charge < -0.3 is 4.42 Å². The molecule has 2 heteroatoms. The van der Waals surface area contributed by atoms with Crippen LogP contribution >= 0.6 is 0 Å². The van der Waals surface area contributed by atoms with Crippen molar-refractivity contribution in [2.24, 2.45) is 0 Å². The van der Waals surface area contributed by atoms with Crippen LogP contribution < -0.4 is 0 Å². The predicted molar refractivity (Wildman–Crippen MR) is 92.2 cm³/mol. The second-order valence-electron chi connectivity index (χ2n) is 5.96. The van der Waals surface area contributed by atoms with E-state index in [2.05, 4.69) is 0 Å². The summed E-state index contributed by atoms with van der Waals surface area (Å²) in [6.45, 7) is 4.06. The monoisotopic (exact) mass is 300 g/mol. The van der Waals surface area contributed by atoms with Crippen molar-refractivity contribution in [2.75, 3.05) is 0 Å². The van der Waals surface area contributed by atoms with Crippen LogP contribution in [0.1, 0.15) is 27.2 Å². The number of aryl methyl sites for hydroxylation is 2. The smallest absolute Gasteiger partial charge is 0.228 e. The molecule has 2 aromatic rings. The van der Waals surface area contributed by atoms with Crippen LogP contribution in [-0.2, 0) is 0 Å². The lowest BCUT2D eigenvalue weighted by Crippen LogP contribution is -1.98. The van der Waals surface area contributed by atoms with E-state index in [0.717, 1.165) is 33.2 Å². The molecule has 23 heavy (non-hydrogen) atoms. The quantitative estimate of drug-likeness (QED) is 0.465. The van der Waals surface area contributed by atoms with Gasteiger partial charge in [0.25, 0.3) is 0 Å². The van der Waals surface area contributed by atoms with E-state index in [1.54, 1.807) is 0 Å².